The fraction of sp³-hybridized carbons (Fsp3) is 0.438. The van der Waals surface area contributed by atoms with Crippen molar-refractivity contribution in [1.82, 2.24) is 16.0 Å². The first-order valence-electron chi connectivity index (χ1n) is 7.81. The Bertz CT molecular complexity index is 623. The molecule has 9 heteroatoms. The third-order valence-corrected chi connectivity index (χ3v) is 4.59. The second-order valence-electron chi connectivity index (χ2n) is 5.48. The fourth-order valence-electron chi connectivity index (χ4n) is 2.32. The van der Waals surface area contributed by atoms with Crippen LogP contribution in [0.15, 0.2) is 24.3 Å². The molecule has 0 bridgehead atoms. The highest BCUT2D eigenvalue weighted by molar-refractivity contribution is 8.00. The number of carbonyl (C=O) groups is 3. The molecule has 4 N–H and O–H groups in total. The van der Waals surface area contributed by atoms with Crippen LogP contribution in [0.5, 0.6) is 5.75 Å². The van der Waals surface area contributed by atoms with Crippen LogP contribution in [0.25, 0.3) is 0 Å². The summed E-state index contributed by atoms with van der Waals surface area (Å²) in [5.74, 6) is 0.425. The van der Waals surface area contributed by atoms with Gasteiger partial charge in [0.15, 0.2) is 0 Å². The molecule has 1 fully saturated rings. The number of benzene rings is 1. The number of methoxy groups -OCH3 is 1. The summed E-state index contributed by atoms with van der Waals surface area (Å²) in [6.07, 6.45) is 0.460. The Hall–Kier alpha value is -2.26. The number of carbonyl (C=O) groups excluding carboxylic acids is 3. The predicted octanol–water partition coefficient (Wildman–Crippen LogP) is 0.265. The molecule has 3 amide bonds. The summed E-state index contributed by atoms with van der Waals surface area (Å²) in [4.78, 5) is 35.2. The molecule has 8 nitrogen and oxygen atoms in total. The highest BCUT2D eigenvalue weighted by atomic mass is 32.2. The third-order valence-electron chi connectivity index (χ3n) is 3.58. The van der Waals surface area contributed by atoms with Crippen molar-refractivity contribution in [3.8, 4) is 5.75 Å². The quantitative estimate of drug-likeness (QED) is 0.551. The van der Waals surface area contributed by atoms with Crippen molar-refractivity contribution in [2.75, 3.05) is 25.2 Å². The summed E-state index contributed by atoms with van der Waals surface area (Å²) in [5.41, 5.74) is 0.266. The van der Waals surface area contributed by atoms with Gasteiger partial charge in [-0.3, -0.25) is 19.7 Å². The lowest BCUT2D eigenvalue weighted by Gasteiger charge is -2.30. The third kappa shape index (κ3) is 6.28. The van der Waals surface area contributed by atoms with Crippen molar-refractivity contribution >= 4 is 35.2 Å². The molecule has 2 rings (SSSR count). The molecule has 136 valence electrons. The van der Waals surface area contributed by atoms with Crippen LogP contribution in [0.3, 0.4) is 0 Å². The van der Waals surface area contributed by atoms with Gasteiger partial charge in [0, 0.05) is 31.6 Å². The predicted molar refractivity (Wildman–Crippen MR) is 96.2 cm³/mol. The number of amides is 3. The van der Waals surface area contributed by atoms with Crippen LogP contribution in [0, 0.1) is 0 Å². The molecule has 0 aromatic heterocycles. The van der Waals surface area contributed by atoms with Gasteiger partial charge in [-0.25, -0.2) is 0 Å². The average Bonchev–Trinajstić information content (AvgIpc) is 2.60. The average molecular weight is 366 g/mol. The summed E-state index contributed by atoms with van der Waals surface area (Å²) in [6, 6.07) is 6.78. The van der Waals surface area contributed by atoms with Crippen LogP contribution in [0.2, 0.25) is 0 Å². The highest BCUT2D eigenvalue weighted by Crippen LogP contribution is 2.17. The lowest BCUT2D eigenvalue weighted by Crippen LogP contribution is -2.55. The van der Waals surface area contributed by atoms with Gasteiger partial charge < -0.3 is 20.7 Å². The van der Waals surface area contributed by atoms with Gasteiger partial charge in [0.1, 0.15) is 11.2 Å². The Morgan fingerprint density at radius 1 is 1.28 bits per heavy atom. The van der Waals surface area contributed by atoms with E-state index >= 15 is 0 Å². The molecule has 0 saturated carbocycles. The van der Waals surface area contributed by atoms with Crippen molar-refractivity contribution in [3.63, 3.8) is 0 Å². The number of hydrogen-bond donors (Lipinski definition) is 4. The minimum atomic E-state index is -0.405. The van der Waals surface area contributed by atoms with Gasteiger partial charge in [0.2, 0.25) is 17.7 Å². The fourth-order valence-corrected chi connectivity index (χ4v) is 3.21. The molecular weight excluding hydrogens is 344 g/mol. The zero-order chi connectivity index (χ0) is 18.2. The molecule has 0 radical (unpaired) electrons. The molecule has 0 aliphatic carbocycles. The van der Waals surface area contributed by atoms with E-state index in [4.69, 9.17) is 4.74 Å². The molecule has 1 heterocycles. The minimum Gasteiger partial charge on any atom is -0.497 e. The lowest BCUT2D eigenvalue weighted by atomic mass is 10.1. The topological polar surface area (TPSA) is 109 Å². The summed E-state index contributed by atoms with van der Waals surface area (Å²) in [5, 5.41) is 11.2. The van der Waals surface area contributed by atoms with Crippen LogP contribution in [-0.4, -0.2) is 49.2 Å². The first-order valence-corrected chi connectivity index (χ1v) is 8.86. The molecule has 1 aromatic carbocycles. The van der Waals surface area contributed by atoms with Crippen LogP contribution < -0.4 is 26.0 Å². The molecule has 2 atom stereocenters. The van der Waals surface area contributed by atoms with Gasteiger partial charge in [0.05, 0.1) is 12.9 Å². The van der Waals surface area contributed by atoms with Crippen molar-refractivity contribution in [2.24, 2.45) is 0 Å². The van der Waals surface area contributed by atoms with Gasteiger partial charge >= 0.3 is 0 Å². The van der Waals surface area contributed by atoms with E-state index in [1.54, 1.807) is 38.4 Å². The van der Waals surface area contributed by atoms with E-state index in [1.165, 1.54) is 11.8 Å². The zero-order valence-electron chi connectivity index (χ0n) is 14.1. The van der Waals surface area contributed by atoms with Crippen molar-refractivity contribution < 1.29 is 19.1 Å². The van der Waals surface area contributed by atoms with Gasteiger partial charge in [-0.1, -0.05) is 0 Å². The maximum atomic E-state index is 12.0. The monoisotopic (exact) mass is 366 g/mol. The number of anilines is 1. The summed E-state index contributed by atoms with van der Waals surface area (Å²) < 4.78 is 5.06. The maximum Gasteiger partial charge on any atom is 0.234 e. The van der Waals surface area contributed by atoms with E-state index in [0.29, 0.717) is 11.4 Å². The summed E-state index contributed by atoms with van der Waals surface area (Å²) in [6.45, 7) is 0. The molecule has 1 saturated heterocycles. The van der Waals surface area contributed by atoms with Gasteiger partial charge in [0.25, 0.3) is 0 Å². The smallest absolute Gasteiger partial charge is 0.234 e. The first-order chi connectivity index (χ1) is 12.0. The van der Waals surface area contributed by atoms with Crippen LogP contribution in [0.4, 0.5) is 5.69 Å². The number of thioether (sulfide) groups is 1. The molecule has 25 heavy (non-hydrogen) atoms. The molecule has 1 aliphatic heterocycles. The standard InChI is InChI=1S/C16H22N4O4S/c1-17-13(21)7-11-8-14(22)20-16(19-11)25-9-15(23)18-10-3-5-12(24-2)6-4-10/h3-6,11,16,19H,7-9H2,1-2H3,(H,17,21)(H,18,23)(H,20,22). The van der Waals surface area contributed by atoms with E-state index < -0.39 is 5.50 Å². The number of nitrogens with one attached hydrogen (secondary N) is 4. The van der Waals surface area contributed by atoms with E-state index in [2.05, 4.69) is 21.3 Å². The molecule has 0 spiro atoms. The highest BCUT2D eigenvalue weighted by Gasteiger charge is 2.27. The molecular formula is C16H22N4O4S. The van der Waals surface area contributed by atoms with Crippen LogP contribution in [0.1, 0.15) is 12.8 Å². The zero-order valence-corrected chi connectivity index (χ0v) is 14.9. The first kappa shape index (κ1) is 19.1. The van der Waals surface area contributed by atoms with Crippen molar-refractivity contribution in [1.29, 1.82) is 0 Å². The number of ether oxygens (including phenoxy) is 1. The van der Waals surface area contributed by atoms with Gasteiger partial charge in [-0.2, -0.15) is 0 Å². The normalized spacial score (nSPS) is 19.7. The van der Waals surface area contributed by atoms with Crippen LogP contribution >= 0.6 is 11.8 Å². The SMILES string of the molecule is CNC(=O)CC1CC(=O)NC(SCC(=O)Nc2ccc(OC)cc2)N1. The van der Waals surface area contributed by atoms with Crippen molar-refractivity contribution in [2.45, 2.75) is 24.4 Å². The lowest BCUT2D eigenvalue weighted by molar-refractivity contribution is -0.125. The Morgan fingerprint density at radius 2 is 2.00 bits per heavy atom. The molecule has 1 aliphatic rings. The molecule has 1 aromatic rings. The second kappa shape index (κ2) is 9.28. The Kier molecular flexibility index (Phi) is 7.08. The van der Waals surface area contributed by atoms with E-state index in [-0.39, 0.29) is 42.4 Å². The number of rotatable bonds is 7. The van der Waals surface area contributed by atoms with E-state index in [9.17, 15) is 14.4 Å². The Labute approximate surface area is 150 Å². The van der Waals surface area contributed by atoms with E-state index in [0.717, 1.165) is 0 Å². The Balaban J connectivity index is 1.79. The van der Waals surface area contributed by atoms with Gasteiger partial charge in [-0.05, 0) is 24.3 Å². The summed E-state index contributed by atoms with van der Waals surface area (Å²) >= 11 is 1.26. The maximum absolute atomic E-state index is 12.0. The van der Waals surface area contributed by atoms with Crippen molar-refractivity contribution in [3.05, 3.63) is 24.3 Å². The summed E-state index contributed by atoms with van der Waals surface area (Å²) in [7, 11) is 3.13. The largest absolute Gasteiger partial charge is 0.497 e. The van der Waals surface area contributed by atoms with Crippen LogP contribution in [-0.2, 0) is 14.4 Å². The molecule has 2 unspecified atom stereocenters. The second-order valence-corrected chi connectivity index (χ2v) is 6.57. The minimum absolute atomic E-state index is 0.131. The Morgan fingerprint density at radius 3 is 2.64 bits per heavy atom. The van der Waals surface area contributed by atoms with Gasteiger partial charge in [-0.15, -0.1) is 11.8 Å². The number of hydrogen-bond acceptors (Lipinski definition) is 6. The van der Waals surface area contributed by atoms with E-state index in [1.807, 2.05) is 0 Å².